The molecule has 0 unspecified atom stereocenters. The first-order valence-electron chi connectivity index (χ1n) is 7.05. The predicted molar refractivity (Wildman–Crippen MR) is 93.8 cm³/mol. The standard InChI is InChI=1S/C16H17BrN2O3S/c1-2-12-7-9-13(10-8-12)23(21,22)18-11-16(20)19-15-6-4-3-5-14(15)17/h3-10,18H,2,11H2,1H3,(H,19,20). The third-order valence-electron chi connectivity index (χ3n) is 3.21. The summed E-state index contributed by atoms with van der Waals surface area (Å²) in [6.45, 7) is 1.66. The third-order valence-corrected chi connectivity index (χ3v) is 5.32. The molecule has 0 radical (unpaired) electrons. The highest BCUT2D eigenvalue weighted by Gasteiger charge is 2.15. The number of benzene rings is 2. The molecule has 0 aromatic heterocycles. The van der Waals surface area contributed by atoms with Crippen LogP contribution in [0.3, 0.4) is 0 Å². The van der Waals surface area contributed by atoms with E-state index in [4.69, 9.17) is 0 Å². The number of para-hydroxylation sites is 1. The van der Waals surface area contributed by atoms with Crippen molar-refractivity contribution in [2.24, 2.45) is 0 Å². The highest BCUT2D eigenvalue weighted by Crippen LogP contribution is 2.20. The van der Waals surface area contributed by atoms with Crippen molar-refractivity contribution in [1.29, 1.82) is 0 Å². The molecule has 0 heterocycles. The number of rotatable bonds is 6. The van der Waals surface area contributed by atoms with Crippen molar-refractivity contribution in [3.63, 3.8) is 0 Å². The van der Waals surface area contributed by atoms with Gasteiger partial charge in [-0.25, -0.2) is 13.1 Å². The number of sulfonamides is 1. The van der Waals surface area contributed by atoms with Gasteiger partial charge in [-0.15, -0.1) is 0 Å². The van der Waals surface area contributed by atoms with E-state index in [0.717, 1.165) is 16.5 Å². The first kappa shape index (κ1) is 17.7. The minimum atomic E-state index is -3.71. The van der Waals surface area contributed by atoms with Gasteiger partial charge < -0.3 is 5.32 Å². The normalized spacial score (nSPS) is 11.2. The van der Waals surface area contributed by atoms with Crippen LogP contribution in [0.25, 0.3) is 0 Å². The highest BCUT2D eigenvalue weighted by molar-refractivity contribution is 9.10. The van der Waals surface area contributed by atoms with Crippen molar-refractivity contribution in [1.82, 2.24) is 4.72 Å². The molecule has 0 bridgehead atoms. The van der Waals surface area contributed by atoms with Crippen LogP contribution in [-0.2, 0) is 21.2 Å². The van der Waals surface area contributed by atoms with Crippen LogP contribution in [0.4, 0.5) is 5.69 Å². The van der Waals surface area contributed by atoms with E-state index in [-0.39, 0.29) is 11.4 Å². The van der Waals surface area contributed by atoms with E-state index in [1.165, 1.54) is 12.1 Å². The molecular weight excluding hydrogens is 380 g/mol. The lowest BCUT2D eigenvalue weighted by molar-refractivity contribution is -0.115. The molecule has 0 saturated heterocycles. The van der Waals surface area contributed by atoms with Crippen molar-refractivity contribution in [3.8, 4) is 0 Å². The predicted octanol–water partition coefficient (Wildman–Crippen LogP) is 2.93. The van der Waals surface area contributed by atoms with Crippen molar-refractivity contribution in [3.05, 3.63) is 58.6 Å². The Morgan fingerprint density at radius 2 is 1.74 bits per heavy atom. The molecule has 7 heteroatoms. The number of amides is 1. The summed E-state index contributed by atoms with van der Waals surface area (Å²) in [5.41, 5.74) is 1.64. The van der Waals surface area contributed by atoms with Crippen LogP contribution in [0, 0.1) is 0 Å². The first-order chi connectivity index (χ1) is 10.9. The molecule has 23 heavy (non-hydrogen) atoms. The average molecular weight is 397 g/mol. The monoisotopic (exact) mass is 396 g/mol. The fourth-order valence-corrected chi connectivity index (χ4v) is 3.27. The van der Waals surface area contributed by atoms with Gasteiger partial charge in [0.1, 0.15) is 0 Å². The van der Waals surface area contributed by atoms with Gasteiger partial charge in [0, 0.05) is 4.47 Å². The molecule has 1 amide bonds. The van der Waals surface area contributed by atoms with E-state index in [1.807, 2.05) is 13.0 Å². The van der Waals surface area contributed by atoms with Crippen molar-refractivity contribution < 1.29 is 13.2 Å². The minimum absolute atomic E-state index is 0.142. The highest BCUT2D eigenvalue weighted by atomic mass is 79.9. The van der Waals surface area contributed by atoms with E-state index < -0.39 is 15.9 Å². The van der Waals surface area contributed by atoms with Gasteiger partial charge in [-0.3, -0.25) is 4.79 Å². The molecule has 2 aromatic carbocycles. The zero-order valence-electron chi connectivity index (χ0n) is 12.5. The van der Waals surface area contributed by atoms with Gasteiger partial charge in [-0.1, -0.05) is 31.2 Å². The Kier molecular flexibility index (Phi) is 5.92. The maximum atomic E-state index is 12.2. The molecular formula is C16H17BrN2O3S. The molecule has 0 fully saturated rings. The van der Waals surface area contributed by atoms with Crippen molar-refractivity contribution >= 4 is 37.5 Å². The van der Waals surface area contributed by atoms with Crippen LogP contribution in [0.2, 0.25) is 0 Å². The summed E-state index contributed by atoms with van der Waals surface area (Å²) in [6.07, 6.45) is 0.835. The Morgan fingerprint density at radius 3 is 2.35 bits per heavy atom. The molecule has 2 rings (SSSR count). The maximum absolute atomic E-state index is 12.2. The number of carbonyl (C=O) groups is 1. The lowest BCUT2D eigenvalue weighted by atomic mass is 10.2. The number of aryl methyl sites for hydroxylation is 1. The van der Waals surface area contributed by atoms with Crippen LogP contribution in [0.15, 0.2) is 57.9 Å². The van der Waals surface area contributed by atoms with E-state index >= 15 is 0 Å². The number of hydrogen-bond acceptors (Lipinski definition) is 3. The van der Waals surface area contributed by atoms with E-state index in [2.05, 4.69) is 26.0 Å². The Hall–Kier alpha value is -1.70. The lowest BCUT2D eigenvalue weighted by Gasteiger charge is -2.09. The number of nitrogens with one attached hydrogen (secondary N) is 2. The number of carbonyl (C=O) groups excluding carboxylic acids is 1. The van der Waals surface area contributed by atoms with E-state index in [9.17, 15) is 13.2 Å². The van der Waals surface area contributed by atoms with Gasteiger partial charge in [-0.2, -0.15) is 0 Å². The van der Waals surface area contributed by atoms with Crippen LogP contribution < -0.4 is 10.0 Å². The van der Waals surface area contributed by atoms with Crippen LogP contribution >= 0.6 is 15.9 Å². The summed E-state index contributed by atoms with van der Waals surface area (Å²) in [5, 5.41) is 2.64. The summed E-state index contributed by atoms with van der Waals surface area (Å²) in [4.78, 5) is 12.0. The molecule has 122 valence electrons. The summed E-state index contributed by atoms with van der Waals surface area (Å²) >= 11 is 3.31. The Morgan fingerprint density at radius 1 is 1.09 bits per heavy atom. The number of hydrogen-bond donors (Lipinski definition) is 2. The van der Waals surface area contributed by atoms with Gasteiger partial charge in [0.05, 0.1) is 17.1 Å². The zero-order chi connectivity index (χ0) is 16.9. The smallest absolute Gasteiger partial charge is 0.241 e. The second-order valence-corrected chi connectivity index (χ2v) is 7.47. The fourth-order valence-electron chi connectivity index (χ4n) is 1.91. The third kappa shape index (κ3) is 4.89. The fraction of sp³-hybridized carbons (Fsp3) is 0.188. The van der Waals surface area contributed by atoms with Crippen molar-refractivity contribution in [2.45, 2.75) is 18.2 Å². The second kappa shape index (κ2) is 7.72. The molecule has 0 aliphatic carbocycles. The summed E-state index contributed by atoms with van der Waals surface area (Å²) < 4.78 is 27.3. The topological polar surface area (TPSA) is 75.3 Å². The van der Waals surface area contributed by atoms with Gasteiger partial charge in [0.25, 0.3) is 0 Å². The molecule has 0 spiro atoms. The summed E-state index contributed by atoms with van der Waals surface area (Å²) in [5.74, 6) is -0.439. The number of halogens is 1. The van der Waals surface area contributed by atoms with Gasteiger partial charge >= 0.3 is 0 Å². The largest absolute Gasteiger partial charge is 0.324 e. The first-order valence-corrected chi connectivity index (χ1v) is 9.33. The molecule has 0 aliphatic heterocycles. The SMILES string of the molecule is CCc1ccc(S(=O)(=O)NCC(=O)Nc2ccccc2Br)cc1. The Balaban J connectivity index is 1.98. The van der Waals surface area contributed by atoms with E-state index in [1.54, 1.807) is 30.3 Å². The maximum Gasteiger partial charge on any atom is 0.241 e. The average Bonchev–Trinajstić information content (AvgIpc) is 2.55. The van der Waals surface area contributed by atoms with Crippen molar-refractivity contribution in [2.75, 3.05) is 11.9 Å². The summed E-state index contributed by atoms with van der Waals surface area (Å²) in [6, 6.07) is 13.7. The Bertz CT molecular complexity index is 789. The van der Waals surface area contributed by atoms with E-state index in [0.29, 0.717) is 5.69 Å². The molecule has 0 aliphatic rings. The van der Waals surface area contributed by atoms with Crippen LogP contribution in [0.5, 0.6) is 0 Å². The molecule has 0 atom stereocenters. The minimum Gasteiger partial charge on any atom is -0.324 e. The van der Waals surface area contributed by atoms with Gasteiger partial charge in [0.2, 0.25) is 15.9 Å². The number of anilines is 1. The van der Waals surface area contributed by atoms with Gasteiger partial charge in [-0.05, 0) is 52.2 Å². The van der Waals surface area contributed by atoms with Crippen LogP contribution in [0.1, 0.15) is 12.5 Å². The van der Waals surface area contributed by atoms with Crippen LogP contribution in [-0.4, -0.2) is 20.9 Å². The summed E-state index contributed by atoms with van der Waals surface area (Å²) in [7, 11) is -3.71. The molecule has 5 nitrogen and oxygen atoms in total. The van der Waals surface area contributed by atoms with Gasteiger partial charge in [0.15, 0.2) is 0 Å². The second-order valence-electron chi connectivity index (χ2n) is 4.85. The zero-order valence-corrected chi connectivity index (χ0v) is 14.9. The molecule has 0 saturated carbocycles. The quantitative estimate of drug-likeness (QED) is 0.787. The lowest BCUT2D eigenvalue weighted by Crippen LogP contribution is -2.33. The molecule has 2 N–H and O–H groups in total. The molecule has 2 aromatic rings. The Labute approximate surface area is 144 Å².